The van der Waals surface area contributed by atoms with Gasteiger partial charge in [-0.05, 0) is 24.6 Å². The molecule has 4 heteroatoms. The van der Waals surface area contributed by atoms with Gasteiger partial charge in [0.1, 0.15) is 0 Å². The van der Waals surface area contributed by atoms with E-state index in [1.54, 1.807) is 11.8 Å². The van der Waals surface area contributed by atoms with Crippen molar-refractivity contribution in [3.05, 3.63) is 22.7 Å². The molecule has 0 unspecified atom stereocenters. The first-order valence-electron chi connectivity index (χ1n) is 5.49. The fourth-order valence-electron chi connectivity index (χ4n) is 1.19. The Labute approximate surface area is 110 Å². The summed E-state index contributed by atoms with van der Waals surface area (Å²) in [4.78, 5) is 1.12. The molecule has 0 aliphatic heterocycles. The molecule has 0 spiro atoms. The van der Waals surface area contributed by atoms with Crippen LogP contribution >= 0.6 is 27.7 Å². The molecule has 2 N–H and O–H groups in total. The molecule has 0 aliphatic rings. The summed E-state index contributed by atoms with van der Waals surface area (Å²) in [6.07, 6.45) is 2.33. The lowest BCUT2D eigenvalue weighted by Crippen LogP contribution is -1.99. The molecule has 0 atom stereocenters. The highest BCUT2D eigenvalue weighted by molar-refractivity contribution is 9.10. The number of nitrogen functional groups attached to an aromatic ring is 1. The molecular formula is C12H18BrNOS. The summed E-state index contributed by atoms with van der Waals surface area (Å²) in [5, 5.41) is 0. The molecule has 1 aromatic rings. The van der Waals surface area contributed by atoms with Crippen LogP contribution in [0.4, 0.5) is 5.69 Å². The summed E-state index contributed by atoms with van der Waals surface area (Å²) in [6, 6.07) is 5.92. The molecule has 1 aromatic carbocycles. The van der Waals surface area contributed by atoms with Gasteiger partial charge in [0, 0.05) is 27.4 Å². The minimum absolute atomic E-state index is 0.788. The van der Waals surface area contributed by atoms with Crippen molar-refractivity contribution in [3.8, 4) is 0 Å². The van der Waals surface area contributed by atoms with Gasteiger partial charge in [-0.25, -0.2) is 0 Å². The molecule has 0 heterocycles. The van der Waals surface area contributed by atoms with Gasteiger partial charge in [-0.2, -0.15) is 0 Å². The topological polar surface area (TPSA) is 35.2 Å². The van der Waals surface area contributed by atoms with Gasteiger partial charge in [0.2, 0.25) is 0 Å². The van der Waals surface area contributed by atoms with Gasteiger partial charge >= 0.3 is 0 Å². The first-order valence-corrected chi connectivity index (χ1v) is 7.27. The highest BCUT2D eigenvalue weighted by Crippen LogP contribution is 2.27. The molecule has 0 saturated heterocycles. The Balaban J connectivity index is 2.23. The van der Waals surface area contributed by atoms with Crippen molar-refractivity contribution in [2.45, 2.75) is 24.7 Å². The lowest BCUT2D eigenvalue weighted by Gasteiger charge is -2.06. The Morgan fingerprint density at radius 2 is 2.19 bits per heavy atom. The average Bonchev–Trinajstić information content (AvgIpc) is 2.28. The van der Waals surface area contributed by atoms with Crippen molar-refractivity contribution in [2.75, 3.05) is 24.7 Å². The molecule has 0 aliphatic carbocycles. The van der Waals surface area contributed by atoms with Crippen LogP contribution in [-0.4, -0.2) is 19.0 Å². The molecular weight excluding hydrogens is 286 g/mol. The maximum absolute atomic E-state index is 5.87. The number of ether oxygens (including phenoxy) is 1. The van der Waals surface area contributed by atoms with Gasteiger partial charge < -0.3 is 10.5 Å². The minimum atomic E-state index is 0.788. The molecule has 2 nitrogen and oxygen atoms in total. The molecule has 16 heavy (non-hydrogen) atoms. The number of rotatable bonds is 7. The lowest BCUT2D eigenvalue weighted by atomic mass is 10.3. The fraction of sp³-hybridized carbons (Fsp3) is 0.500. The highest BCUT2D eigenvalue weighted by Gasteiger charge is 2.00. The van der Waals surface area contributed by atoms with Crippen LogP contribution in [0.15, 0.2) is 27.6 Å². The van der Waals surface area contributed by atoms with E-state index in [0.717, 1.165) is 40.4 Å². The van der Waals surface area contributed by atoms with Crippen molar-refractivity contribution in [1.29, 1.82) is 0 Å². The minimum Gasteiger partial charge on any atom is -0.398 e. The van der Waals surface area contributed by atoms with Crippen LogP contribution in [0.25, 0.3) is 0 Å². The number of hydrogen-bond donors (Lipinski definition) is 1. The van der Waals surface area contributed by atoms with Gasteiger partial charge in [-0.15, -0.1) is 11.8 Å². The van der Waals surface area contributed by atoms with Gasteiger partial charge in [0.15, 0.2) is 0 Å². The summed E-state index contributed by atoms with van der Waals surface area (Å²) in [5.41, 5.74) is 6.70. The number of anilines is 1. The van der Waals surface area contributed by atoms with Gasteiger partial charge in [0.05, 0.1) is 6.61 Å². The van der Waals surface area contributed by atoms with E-state index >= 15 is 0 Å². The maximum atomic E-state index is 5.87. The molecule has 0 fully saturated rings. The molecule has 0 saturated carbocycles. The van der Waals surface area contributed by atoms with Gasteiger partial charge in [-0.3, -0.25) is 0 Å². The molecule has 1 rings (SSSR count). The summed E-state index contributed by atoms with van der Waals surface area (Å²) >= 11 is 5.18. The third-order valence-corrected chi connectivity index (χ3v) is 3.63. The number of halogens is 1. The summed E-state index contributed by atoms with van der Waals surface area (Å²) < 4.78 is 6.56. The largest absolute Gasteiger partial charge is 0.398 e. The third-order valence-electron chi connectivity index (χ3n) is 2.10. The number of hydrogen-bond acceptors (Lipinski definition) is 3. The SMILES string of the molecule is CCCCOCCSc1cc(Br)ccc1N. The van der Waals surface area contributed by atoms with Crippen LogP contribution in [0.5, 0.6) is 0 Å². The zero-order chi connectivity index (χ0) is 11.8. The van der Waals surface area contributed by atoms with Crippen LogP contribution in [-0.2, 0) is 4.74 Å². The molecule has 0 radical (unpaired) electrons. The zero-order valence-electron chi connectivity index (χ0n) is 9.54. The van der Waals surface area contributed by atoms with Crippen molar-refractivity contribution in [3.63, 3.8) is 0 Å². The van der Waals surface area contributed by atoms with Crippen LogP contribution in [0.1, 0.15) is 19.8 Å². The first kappa shape index (κ1) is 13.9. The summed E-state index contributed by atoms with van der Waals surface area (Å²) in [5.74, 6) is 0.949. The fourth-order valence-corrected chi connectivity index (χ4v) is 2.57. The lowest BCUT2D eigenvalue weighted by molar-refractivity contribution is 0.147. The van der Waals surface area contributed by atoms with E-state index in [2.05, 4.69) is 22.9 Å². The standard InChI is InChI=1S/C12H18BrNOS/c1-2-3-6-15-7-8-16-12-9-10(13)4-5-11(12)14/h4-5,9H,2-3,6-8,14H2,1H3. The van der Waals surface area contributed by atoms with E-state index in [-0.39, 0.29) is 0 Å². The van der Waals surface area contributed by atoms with E-state index < -0.39 is 0 Å². The van der Waals surface area contributed by atoms with E-state index in [9.17, 15) is 0 Å². The average molecular weight is 304 g/mol. The summed E-state index contributed by atoms with van der Waals surface area (Å²) in [7, 11) is 0. The number of nitrogens with two attached hydrogens (primary N) is 1. The second-order valence-corrected chi connectivity index (χ2v) is 5.55. The van der Waals surface area contributed by atoms with Crippen molar-refractivity contribution in [1.82, 2.24) is 0 Å². The van der Waals surface area contributed by atoms with Crippen LogP contribution in [0.3, 0.4) is 0 Å². The van der Waals surface area contributed by atoms with E-state index in [1.807, 2.05) is 18.2 Å². The predicted molar refractivity (Wildman–Crippen MR) is 75.0 cm³/mol. The van der Waals surface area contributed by atoms with Crippen LogP contribution < -0.4 is 5.73 Å². The Hall–Kier alpha value is -0.190. The first-order chi connectivity index (χ1) is 7.74. The van der Waals surface area contributed by atoms with Crippen molar-refractivity contribution >= 4 is 33.4 Å². The van der Waals surface area contributed by atoms with Crippen LogP contribution in [0.2, 0.25) is 0 Å². The Morgan fingerprint density at radius 3 is 2.94 bits per heavy atom. The van der Waals surface area contributed by atoms with Gasteiger partial charge in [-0.1, -0.05) is 29.3 Å². The molecule has 0 bridgehead atoms. The summed E-state index contributed by atoms with van der Waals surface area (Å²) in [6.45, 7) is 3.82. The zero-order valence-corrected chi connectivity index (χ0v) is 11.9. The smallest absolute Gasteiger partial charge is 0.0560 e. The Morgan fingerprint density at radius 1 is 1.38 bits per heavy atom. The van der Waals surface area contributed by atoms with E-state index in [0.29, 0.717) is 0 Å². The van der Waals surface area contributed by atoms with Crippen LogP contribution in [0, 0.1) is 0 Å². The van der Waals surface area contributed by atoms with Crippen molar-refractivity contribution in [2.24, 2.45) is 0 Å². The second-order valence-electron chi connectivity index (χ2n) is 3.50. The molecule has 90 valence electrons. The molecule has 0 aromatic heterocycles. The Kier molecular flexibility index (Phi) is 6.92. The number of unbranched alkanes of at least 4 members (excludes halogenated alkanes) is 1. The quantitative estimate of drug-likeness (QED) is 0.471. The third kappa shape index (κ3) is 5.23. The van der Waals surface area contributed by atoms with E-state index in [1.165, 1.54) is 6.42 Å². The monoisotopic (exact) mass is 303 g/mol. The van der Waals surface area contributed by atoms with E-state index in [4.69, 9.17) is 10.5 Å². The molecule has 0 amide bonds. The second kappa shape index (κ2) is 7.98. The van der Waals surface area contributed by atoms with Gasteiger partial charge in [0.25, 0.3) is 0 Å². The predicted octanol–water partition coefficient (Wildman–Crippen LogP) is 3.94. The van der Waals surface area contributed by atoms with Crippen molar-refractivity contribution < 1.29 is 4.74 Å². The normalized spacial score (nSPS) is 10.6. The maximum Gasteiger partial charge on any atom is 0.0560 e. The highest BCUT2D eigenvalue weighted by atomic mass is 79.9. The Bertz CT molecular complexity index is 320. The number of thioether (sulfide) groups is 1. The number of benzene rings is 1.